The fourth-order valence-corrected chi connectivity index (χ4v) is 4.88. The van der Waals surface area contributed by atoms with Crippen molar-refractivity contribution in [1.82, 2.24) is 0 Å². The molecule has 2 aliphatic heterocycles. The molecule has 1 amide bonds. The summed E-state index contributed by atoms with van der Waals surface area (Å²) >= 11 is 1.19. The minimum atomic E-state index is -4.58. The number of ketones is 1. The molecular formula is C20H14F3NO4S. The van der Waals surface area contributed by atoms with Crippen molar-refractivity contribution in [1.29, 1.82) is 0 Å². The Morgan fingerprint density at radius 1 is 1.14 bits per heavy atom. The van der Waals surface area contributed by atoms with Crippen molar-refractivity contribution in [2.45, 2.75) is 28.8 Å². The number of amides is 1. The number of anilines is 1. The van der Waals surface area contributed by atoms with Crippen molar-refractivity contribution in [2.24, 2.45) is 0 Å². The molecule has 2 aliphatic rings. The SMILES string of the molecule is O=C(COC(=O)C12CCC(=O)N1c1ccccc1S2)c1cccc(C(F)(F)F)c1. The highest BCUT2D eigenvalue weighted by molar-refractivity contribution is 8.02. The van der Waals surface area contributed by atoms with Crippen LogP contribution in [0, 0.1) is 0 Å². The molecule has 1 saturated heterocycles. The first-order valence-electron chi connectivity index (χ1n) is 8.71. The van der Waals surface area contributed by atoms with Crippen LogP contribution in [0.1, 0.15) is 28.8 Å². The number of benzene rings is 2. The Kier molecular flexibility index (Phi) is 4.65. The molecule has 0 bridgehead atoms. The first-order chi connectivity index (χ1) is 13.7. The number of halogens is 3. The summed E-state index contributed by atoms with van der Waals surface area (Å²) in [6.45, 7) is -0.708. The molecule has 2 aromatic rings. The molecule has 0 aromatic heterocycles. The fourth-order valence-electron chi connectivity index (χ4n) is 3.47. The number of esters is 1. The number of rotatable bonds is 4. The number of alkyl halides is 3. The van der Waals surface area contributed by atoms with Gasteiger partial charge < -0.3 is 4.74 Å². The van der Waals surface area contributed by atoms with Gasteiger partial charge in [0.2, 0.25) is 5.91 Å². The summed E-state index contributed by atoms with van der Waals surface area (Å²) in [5, 5.41) is 0. The van der Waals surface area contributed by atoms with Crippen molar-refractivity contribution < 1.29 is 32.3 Å². The fraction of sp³-hybridized carbons (Fsp3) is 0.250. The normalized spacial score (nSPS) is 20.4. The summed E-state index contributed by atoms with van der Waals surface area (Å²) in [5.74, 6) is -1.73. The third-order valence-electron chi connectivity index (χ3n) is 4.84. The smallest absolute Gasteiger partial charge is 0.416 e. The molecule has 1 fully saturated rings. The van der Waals surface area contributed by atoms with E-state index in [1.807, 2.05) is 0 Å². The molecule has 5 nitrogen and oxygen atoms in total. The molecule has 0 radical (unpaired) electrons. The number of hydrogen-bond acceptors (Lipinski definition) is 5. The van der Waals surface area contributed by atoms with E-state index in [1.54, 1.807) is 24.3 Å². The average Bonchev–Trinajstić information content (AvgIpc) is 3.21. The Morgan fingerprint density at radius 2 is 1.90 bits per heavy atom. The number of nitrogens with zero attached hydrogens (tertiary/aromatic N) is 1. The molecular weight excluding hydrogens is 407 g/mol. The quantitative estimate of drug-likeness (QED) is 0.550. The summed E-state index contributed by atoms with van der Waals surface area (Å²) in [5.41, 5.74) is -0.546. The maximum Gasteiger partial charge on any atom is 0.416 e. The van der Waals surface area contributed by atoms with Gasteiger partial charge in [0.15, 0.2) is 17.3 Å². The van der Waals surface area contributed by atoms with E-state index in [2.05, 4.69) is 0 Å². The number of para-hydroxylation sites is 1. The lowest BCUT2D eigenvalue weighted by Gasteiger charge is -2.28. The molecule has 150 valence electrons. The van der Waals surface area contributed by atoms with Gasteiger partial charge in [-0.25, -0.2) is 4.79 Å². The van der Waals surface area contributed by atoms with E-state index >= 15 is 0 Å². The monoisotopic (exact) mass is 421 g/mol. The maximum atomic E-state index is 12.9. The summed E-state index contributed by atoms with van der Waals surface area (Å²) < 4.78 is 43.6. The van der Waals surface area contributed by atoms with E-state index in [1.165, 1.54) is 22.7 Å². The second-order valence-corrected chi connectivity index (χ2v) is 7.98. The molecule has 1 atom stereocenters. The lowest BCUT2D eigenvalue weighted by molar-refractivity contribution is -0.145. The number of fused-ring (bicyclic) bond motifs is 3. The highest BCUT2D eigenvalue weighted by atomic mass is 32.2. The summed E-state index contributed by atoms with van der Waals surface area (Å²) in [7, 11) is 0. The lowest BCUT2D eigenvalue weighted by atomic mass is 10.1. The number of ether oxygens (including phenoxy) is 1. The zero-order valence-corrected chi connectivity index (χ0v) is 15.7. The number of thioether (sulfide) groups is 1. The van der Waals surface area contributed by atoms with Gasteiger partial charge in [0.05, 0.1) is 11.3 Å². The molecule has 4 rings (SSSR count). The first kappa shape index (κ1) is 19.5. The van der Waals surface area contributed by atoms with Gasteiger partial charge in [-0.3, -0.25) is 14.5 Å². The Morgan fingerprint density at radius 3 is 2.66 bits per heavy atom. The van der Waals surface area contributed by atoms with Crippen molar-refractivity contribution in [3.05, 3.63) is 59.7 Å². The Hall–Kier alpha value is -2.81. The topological polar surface area (TPSA) is 63.7 Å². The zero-order valence-electron chi connectivity index (χ0n) is 14.9. The van der Waals surface area contributed by atoms with Gasteiger partial charge in [-0.1, -0.05) is 36.0 Å². The summed E-state index contributed by atoms with van der Waals surface area (Å²) in [6.07, 6.45) is -4.19. The Labute approximate surface area is 167 Å². The van der Waals surface area contributed by atoms with Gasteiger partial charge in [0.25, 0.3) is 0 Å². The van der Waals surface area contributed by atoms with Crippen LogP contribution in [-0.2, 0) is 20.5 Å². The van der Waals surface area contributed by atoms with E-state index in [0.717, 1.165) is 23.1 Å². The van der Waals surface area contributed by atoms with Gasteiger partial charge in [-0.05, 0) is 24.3 Å². The highest BCUT2D eigenvalue weighted by Gasteiger charge is 2.58. The van der Waals surface area contributed by atoms with E-state index < -0.39 is 35.0 Å². The first-order valence-corrected chi connectivity index (χ1v) is 9.53. The zero-order chi connectivity index (χ0) is 20.8. The van der Waals surface area contributed by atoms with E-state index in [0.29, 0.717) is 5.69 Å². The molecule has 2 heterocycles. The van der Waals surface area contributed by atoms with E-state index in [4.69, 9.17) is 4.74 Å². The molecule has 0 N–H and O–H groups in total. The maximum absolute atomic E-state index is 12.9. The predicted molar refractivity (Wildman–Crippen MR) is 98.5 cm³/mol. The molecule has 9 heteroatoms. The van der Waals surface area contributed by atoms with Gasteiger partial charge in [-0.2, -0.15) is 13.2 Å². The number of hydrogen-bond donors (Lipinski definition) is 0. The van der Waals surface area contributed by atoms with Gasteiger partial charge in [-0.15, -0.1) is 0 Å². The largest absolute Gasteiger partial charge is 0.455 e. The van der Waals surface area contributed by atoms with E-state index in [-0.39, 0.29) is 24.3 Å². The van der Waals surface area contributed by atoms with Gasteiger partial charge in [0.1, 0.15) is 0 Å². The molecule has 0 aliphatic carbocycles. The highest BCUT2D eigenvalue weighted by Crippen LogP contribution is 2.56. The van der Waals surface area contributed by atoms with E-state index in [9.17, 15) is 27.6 Å². The van der Waals surface area contributed by atoms with Crippen LogP contribution in [0.15, 0.2) is 53.4 Å². The van der Waals surface area contributed by atoms with Crippen molar-refractivity contribution >= 4 is 35.1 Å². The van der Waals surface area contributed by atoms with Crippen LogP contribution in [0.25, 0.3) is 0 Å². The third-order valence-corrected chi connectivity index (χ3v) is 6.29. The van der Waals surface area contributed by atoms with Gasteiger partial charge >= 0.3 is 12.1 Å². The van der Waals surface area contributed by atoms with Crippen LogP contribution in [0.3, 0.4) is 0 Å². The molecule has 0 saturated carbocycles. The molecule has 0 spiro atoms. The minimum absolute atomic E-state index is 0.165. The second-order valence-electron chi connectivity index (χ2n) is 6.66. The van der Waals surface area contributed by atoms with Crippen LogP contribution >= 0.6 is 11.8 Å². The molecule has 1 unspecified atom stereocenters. The summed E-state index contributed by atoms with van der Waals surface area (Å²) in [4.78, 5) is 38.4. The molecule has 2 aromatic carbocycles. The third kappa shape index (κ3) is 3.29. The lowest BCUT2D eigenvalue weighted by Crippen LogP contribution is -2.48. The number of carbonyl (C=O) groups is 3. The van der Waals surface area contributed by atoms with Crippen molar-refractivity contribution in [3.8, 4) is 0 Å². The van der Waals surface area contributed by atoms with Crippen LogP contribution in [0.4, 0.5) is 18.9 Å². The minimum Gasteiger partial charge on any atom is -0.455 e. The van der Waals surface area contributed by atoms with Crippen LogP contribution in [0.5, 0.6) is 0 Å². The van der Waals surface area contributed by atoms with Crippen LogP contribution in [-0.4, -0.2) is 29.1 Å². The standard InChI is InChI=1S/C20H14F3NO4S/c21-20(22,23)13-5-3-4-12(10-13)15(25)11-28-18(27)19-9-8-17(26)24(19)14-6-1-2-7-16(14)29-19/h1-7,10H,8-9,11H2. The number of carbonyl (C=O) groups excluding carboxylic acids is 3. The van der Waals surface area contributed by atoms with Crippen molar-refractivity contribution in [2.75, 3.05) is 11.5 Å². The summed E-state index contributed by atoms with van der Waals surface area (Å²) in [6, 6.07) is 11.0. The number of Topliss-reactive ketones (excluding diaryl/α,β-unsaturated/α-hetero) is 1. The Balaban J connectivity index is 1.51. The average molecular weight is 421 g/mol. The molecule has 29 heavy (non-hydrogen) atoms. The second kappa shape index (κ2) is 6.91. The predicted octanol–water partition coefficient (Wildman–Crippen LogP) is 4.06. The Bertz CT molecular complexity index is 1020. The van der Waals surface area contributed by atoms with Crippen LogP contribution < -0.4 is 4.90 Å². The van der Waals surface area contributed by atoms with Crippen molar-refractivity contribution in [3.63, 3.8) is 0 Å². The van der Waals surface area contributed by atoms with Crippen LogP contribution in [0.2, 0.25) is 0 Å². The van der Waals surface area contributed by atoms with Gasteiger partial charge in [0, 0.05) is 23.3 Å².